The minimum absolute atomic E-state index is 0.171. The van der Waals surface area contributed by atoms with Gasteiger partial charge in [0.05, 0.1) is 11.0 Å². The number of carboxylic acid groups (broad SMARTS) is 1. The lowest BCUT2D eigenvalue weighted by atomic mass is 10.1. The van der Waals surface area contributed by atoms with E-state index in [1.165, 1.54) is 12.3 Å². The zero-order valence-corrected chi connectivity index (χ0v) is 9.91. The lowest BCUT2D eigenvalue weighted by Gasteiger charge is -2.09. The number of furan rings is 1. The Labute approximate surface area is 99.9 Å². The molecule has 0 radical (unpaired) electrons. The molecule has 86 valence electrons. The van der Waals surface area contributed by atoms with Gasteiger partial charge < -0.3 is 14.8 Å². The summed E-state index contributed by atoms with van der Waals surface area (Å²) in [4.78, 5) is 22.4. The highest BCUT2D eigenvalue weighted by Crippen LogP contribution is 2.45. The van der Waals surface area contributed by atoms with Gasteiger partial charge in [0.15, 0.2) is 4.67 Å². The topological polar surface area (TPSA) is 79.5 Å². The SMILES string of the molecule is O=C(NCC1(C(=O)O)CC1)c1coc(Br)c1. The van der Waals surface area contributed by atoms with Crippen molar-refractivity contribution in [3.8, 4) is 0 Å². The Balaban J connectivity index is 1.92. The van der Waals surface area contributed by atoms with Gasteiger partial charge in [-0.2, -0.15) is 0 Å². The van der Waals surface area contributed by atoms with Gasteiger partial charge in [0, 0.05) is 12.6 Å². The van der Waals surface area contributed by atoms with Gasteiger partial charge in [-0.15, -0.1) is 0 Å². The fraction of sp³-hybridized carbons (Fsp3) is 0.400. The molecule has 2 rings (SSSR count). The number of rotatable bonds is 4. The van der Waals surface area contributed by atoms with Crippen molar-refractivity contribution in [2.45, 2.75) is 12.8 Å². The molecule has 16 heavy (non-hydrogen) atoms. The number of carboxylic acids is 1. The average Bonchev–Trinajstić information content (AvgIpc) is 2.92. The van der Waals surface area contributed by atoms with E-state index in [9.17, 15) is 9.59 Å². The van der Waals surface area contributed by atoms with E-state index in [0.29, 0.717) is 23.1 Å². The Bertz CT molecular complexity index is 436. The lowest BCUT2D eigenvalue weighted by Crippen LogP contribution is -2.34. The van der Waals surface area contributed by atoms with Gasteiger partial charge in [-0.05, 0) is 28.8 Å². The van der Waals surface area contributed by atoms with Crippen LogP contribution in [0.3, 0.4) is 0 Å². The van der Waals surface area contributed by atoms with Gasteiger partial charge in [0.25, 0.3) is 5.91 Å². The molecule has 0 unspecified atom stereocenters. The van der Waals surface area contributed by atoms with Crippen LogP contribution < -0.4 is 5.32 Å². The molecule has 1 fully saturated rings. The standard InChI is InChI=1S/C10H10BrNO4/c11-7-3-6(4-16-7)8(13)12-5-10(1-2-10)9(14)15/h3-4H,1-2,5H2,(H,12,13)(H,14,15). The normalized spacial score (nSPS) is 16.8. The van der Waals surface area contributed by atoms with Gasteiger partial charge in [-0.1, -0.05) is 0 Å². The molecule has 0 aliphatic heterocycles. The quantitative estimate of drug-likeness (QED) is 0.882. The summed E-state index contributed by atoms with van der Waals surface area (Å²) in [5, 5.41) is 11.5. The highest BCUT2D eigenvalue weighted by molar-refractivity contribution is 9.10. The molecule has 0 bridgehead atoms. The molecule has 1 aromatic rings. The van der Waals surface area contributed by atoms with Crippen LogP contribution >= 0.6 is 15.9 Å². The molecule has 0 saturated heterocycles. The highest BCUT2D eigenvalue weighted by Gasteiger charge is 2.50. The third kappa shape index (κ3) is 2.11. The summed E-state index contributed by atoms with van der Waals surface area (Å²) in [6, 6.07) is 1.54. The monoisotopic (exact) mass is 287 g/mol. The third-order valence-electron chi connectivity index (χ3n) is 2.72. The Hall–Kier alpha value is -1.30. The van der Waals surface area contributed by atoms with Crippen LogP contribution in [-0.4, -0.2) is 23.5 Å². The number of carbonyl (C=O) groups excluding carboxylic acids is 1. The van der Waals surface area contributed by atoms with Crippen LogP contribution in [0.4, 0.5) is 0 Å². The van der Waals surface area contributed by atoms with Gasteiger partial charge in [0.2, 0.25) is 0 Å². The van der Waals surface area contributed by atoms with Crippen molar-refractivity contribution in [3.63, 3.8) is 0 Å². The Morgan fingerprint density at radius 1 is 1.56 bits per heavy atom. The van der Waals surface area contributed by atoms with Crippen LogP contribution in [-0.2, 0) is 4.79 Å². The largest absolute Gasteiger partial charge is 0.481 e. The van der Waals surface area contributed by atoms with Crippen LogP contribution in [0.2, 0.25) is 0 Å². The van der Waals surface area contributed by atoms with E-state index in [-0.39, 0.29) is 12.5 Å². The Morgan fingerprint density at radius 2 is 2.25 bits per heavy atom. The van der Waals surface area contributed by atoms with Crippen molar-refractivity contribution >= 4 is 27.8 Å². The van der Waals surface area contributed by atoms with Gasteiger partial charge in [0.1, 0.15) is 6.26 Å². The fourth-order valence-electron chi connectivity index (χ4n) is 1.40. The molecule has 1 saturated carbocycles. The van der Waals surface area contributed by atoms with Crippen molar-refractivity contribution in [3.05, 3.63) is 22.6 Å². The molecule has 1 aliphatic carbocycles. The average molecular weight is 288 g/mol. The molecule has 0 atom stereocenters. The van der Waals surface area contributed by atoms with Gasteiger partial charge in [-0.3, -0.25) is 9.59 Å². The molecule has 0 aromatic carbocycles. The number of hydrogen-bond acceptors (Lipinski definition) is 3. The van der Waals surface area contributed by atoms with Crippen molar-refractivity contribution in [1.29, 1.82) is 0 Å². The smallest absolute Gasteiger partial charge is 0.311 e. The summed E-state index contributed by atoms with van der Waals surface area (Å²) < 4.78 is 5.39. The van der Waals surface area contributed by atoms with Crippen LogP contribution in [0.25, 0.3) is 0 Å². The van der Waals surface area contributed by atoms with E-state index >= 15 is 0 Å². The zero-order valence-electron chi connectivity index (χ0n) is 8.33. The third-order valence-corrected chi connectivity index (χ3v) is 3.14. The van der Waals surface area contributed by atoms with Gasteiger partial charge in [-0.25, -0.2) is 0 Å². The first kappa shape index (κ1) is 11.2. The second-order valence-corrected chi connectivity index (χ2v) is 4.69. The summed E-state index contributed by atoms with van der Waals surface area (Å²) in [6.07, 6.45) is 2.56. The lowest BCUT2D eigenvalue weighted by molar-refractivity contribution is -0.143. The molecule has 0 spiro atoms. The van der Waals surface area contributed by atoms with E-state index in [2.05, 4.69) is 21.2 Å². The molecule has 1 aliphatic rings. The van der Waals surface area contributed by atoms with E-state index in [4.69, 9.17) is 9.52 Å². The molecule has 1 amide bonds. The zero-order chi connectivity index (χ0) is 11.8. The molecular weight excluding hydrogens is 278 g/mol. The number of hydrogen-bond donors (Lipinski definition) is 2. The van der Waals surface area contributed by atoms with Crippen molar-refractivity contribution in [1.82, 2.24) is 5.32 Å². The predicted octanol–water partition coefficient (Wildman–Crippen LogP) is 1.64. The van der Waals surface area contributed by atoms with Gasteiger partial charge >= 0.3 is 5.97 Å². The maximum atomic E-state index is 11.6. The highest BCUT2D eigenvalue weighted by atomic mass is 79.9. The summed E-state index contributed by atoms with van der Waals surface area (Å²) in [6.45, 7) is 0.171. The minimum atomic E-state index is -0.846. The number of amides is 1. The van der Waals surface area contributed by atoms with Crippen LogP contribution in [0.1, 0.15) is 23.2 Å². The van der Waals surface area contributed by atoms with E-state index < -0.39 is 11.4 Å². The van der Waals surface area contributed by atoms with Crippen LogP contribution in [0.5, 0.6) is 0 Å². The van der Waals surface area contributed by atoms with E-state index in [1.54, 1.807) is 0 Å². The Morgan fingerprint density at radius 3 is 2.69 bits per heavy atom. The Kier molecular flexibility index (Phi) is 2.75. The second kappa shape index (κ2) is 3.93. The van der Waals surface area contributed by atoms with E-state index in [1.807, 2.05) is 0 Å². The molecule has 6 heteroatoms. The number of aliphatic carboxylic acids is 1. The first-order chi connectivity index (χ1) is 7.53. The maximum Gasteiger partial charge on any atom is 0.311 e. The number of halogens is 1. The molecule has 1 heterocycles. The predicted molar refractivity (Wildman–Crippen MR) is 58.0 cm³/mol. The molecule has 2 N–H and O–H groups in total. The fourth-order valence-corrected chi connectivity index (χ4v) is 1.74. The maximum absolute atomic E-state index is 11.6. The number of nitrogens with one attached hydrogen (secondary N) is 1. The van der Waals surface area contributed by atoms with Crippen molar-refractivity contribution < 1.29 is 19.1 Å². The van der Waals surface area contributed by atoms with E-state index in [0.717, 1.165) is 0 Å². The first-order valence-corrected chi connectivity index (χ1v) is 5.58. The molecule has 5 nitrogen and oxygen atoms in total. The van der Waals surface area contributed by atoms with Crippen LogP contribution in [0.15, 0.2) is 21.4 Å². The first-order valence-electron chi connectivity index (χ1n) is 4.79. The molecule has 1 aromatic heterocycles. The van der Waals surface area contributed by atoms with Crippen LogP contribution in [0, 0.1) is 5.41 Å². The summed E-state index contributed by atoms with van der Waals surface area (Å²) in [7, 11) is 0. The van der Waals surface area contributed by atoms with Crippen molar-refractivity contribution in [2.24, 2.45) is 5.41 Å². The molecular formula is C10H10BrNO4. The summed E-state index contributed by atoms with van der Waals surface area (Å²) >= 11 is 3.09. The van der Waals surface area contributed by atoms with Crippen molar-refractivity contribution in [2.75, 3.05) is 6.54 Å². The second-order valence-electron chi connectivity index (χ2n) is 3.91. The minimum Gasteiger partial charge on any atom is -0.481 e. The summed E-state index contributed by atoms with van der Waals surface area (Å²) in [5.41, 5.74) is -0.357. The summed E-state index contributed by atoms with van der Waals surface area (Å²) in [5.74, 6) is -1.16. The number of carbonyl (C=O) groups is 2.